The third kappa shape index (κ3) is 3.78. The summed E-state index contributed by atoms with van der Waals surface area (Å²) in [6, 6.07) is 15.8. The van der Waals surface area contributed by atoms with Gasteiger partial charge >= 0.3 is 0 Å². The van der Waals surface area contributed by atoms with E-state index < -0.39 is 0 Å². The van der Waals surface area contributed by atoms with E-state index in [1.807, 2.05) is 18.2 Å². The average molecular weight is 428 g/mol. The van der Waals surface area contributed by atoms with E-state index in [9.17, 15) is 4.79 Å². The first kappa shape index (κ1) is 19.2. The summed E-state index contributed by atoms with van der Waals surface area (Å²) in [7, 11) is 0. The highest BCUT2D eigenvalue weighted by atomic mass is 16.5. The molecule has 0 unspecified atom stereocenters. The lowest BCUT2D eigenvalue weighted by Crippen LogP contribution is -2.46. The zero-order valence-electron chi connectivity index (χ0n) is 17.7. The molecule has 2 aromatic heterocycles. The molecular formula is C24H24N6O2. The molecule has 6 rings (SSSR count). The number of rotatable bonds is 5. The monoisotopic (exact) mass is 428 g/mol. The molecule has 8 nitrogen and oxygen atoms in total. The minimum absolute atomic E-state index is 0.0846. The van der Waals surface area contributed by atoms with Crippen molar-refractivity contribution in [2.45, 2.75) is 25.3 Å². The Morgan fingerprint density at radius 2 is 1.75 bits per heavy atom. The second kappa shape index (κ2) is 7.87. The summed E-state index contributed by atoms with van der Waals surface area (Å²) >= 11 is 0. The van der Waals surface area contributed by atoms with Crippen molar-refractivity contribution in [1.29, 1.82) is 0 Å². The number of nitrogens with one attached hydrogen (secondary N) is 1. The minimum atomic E-state index is -0.0846. The fraction of sp³-hybridized carbons (Fsp3) is 0.333. The van der Waals surface area contributed by atoms with Crippen molar-refractivity contribution in [3.05, 3.63) is 70.3 Å². The predicted octanol–water partition coefficient (Wildman–Crippen LogP) is 3.17. The lowest BCUT2D eigenvalue weighted by molar-refractivity contribution is 0.248. The molecule has 0 radical (unpaired) electrons. The topological polar surface area (TPSA) is 91.2 Å². The third-order valence-electron chi connectivity index (χ3n) is 6.26. The molecule has 1 saturated heterocycles. The largest absolute Gasteiger partial charge is 0.340 e. The van der Waals surface area contributed by atoms with Crippen LogP contribution < -0.4 is 10.5 Å². The third-order valence-corrected chi connectivity index (χ3v) is 6.26. The van der Waals surface area contributed by atoms with Crippen LogP contribution in [-0.2, 0) is 6.54 Å². The number of hydrogen-bond acceptors (Lipinski definition) is 7. The van der Waals surface area contributed by atoms with Crippen LogP contribution in [0.2, 0.25) is 0 Å². The number of hydrogen-bond donors (Lipinski definition) is 1. The Balaban J connectivity index is 1.09. The van der Waals surface area contributed by atoms with E-state index in [1.54, 1.807) is 6.07 Å². The van der Waals surface area contributed by atoms with Crippen molar-refractivity contribution in [1.82, 2.24) is 25.0 Å². The Bertz CT molecular complexity index is 1300. The number of aromatic amines is 1. The molecule has 0 bridgehead atoms. The number of nitrogens with zero attached hydrogens (tertiary/aromatic N) is 5. The fourth-order valence-corrected chi connectivity index (χ4v) is 4.21. The number of aromatic nitrogens is 4. The first-order chi connectivity index (χ1) is 15.7. The molecule has 1 aliphatic carbocycles. The van der Waals surface area contributed by atoms with Gasteiger partial charge in [0.1, 0.15) is 0 Å². The Kier molecular flexibility index (Phi) is 4.72. The minimum Gasteiger partial charge on any atom is -0.340 e. The van der Waals surface area contributed by atoms with Crippen LogP contribution in [0.4, 0.5) is 5.95 Å². The predicted molar refractivity (Wildman–Crippen MR) is 122 cm³/mol. The number of benzene rings is 2. The number of para-hydroxylation sites is 1. The molecule has 1 N–H and O–H groups in total. The standard InChI is InChI=1S/C24H24N6O2/c31-22-19-3-1-2-4-20(19)25-24(27-22)30-13-11-29(12-14-30)15-16-5-7-18(8-6-16)23-26-21(28-32-23)17-9-10-17/h1-8,17H,9-15H2,(H,25,27,31). The molecule has 0 amide bonds. The number of piperazine rings is 1. The summed E-state index contributed by atoms with van der Waals surface area (Å²) < 4.78 is 5.42. The van der Waals surface area contributed by atoms with Crippen molar-refractivity contribution in [2.75, 3.05) is 31.1 Å². The second-order valence-electron chi connectivity index (χ2n) is 8.60. The van der Waals surface area contributed by atoms with Crippen LogP contribution in [-0.4, -0.2) is 51.2 Å². The highest BCUT2D eigenvalue weighted by Crippen LogP contribution is 2.38. The lowest BCUT2D eigenvalue weighted by Gasteiger charge is -2.35. The van der Waals surface area contributed by atoms with Crippen molar-refractivity contribution in [3.8, 4) is 11.5 Å². The Morgan fingerprint density at radius 3 is 2.53 bits per heavy atom. The summed E-state index contributed by atoms with van der Waals surface area (Å²) in [4.78, 5) is 29.1. The number of anilines is 1. The van der Waals surface area contributed by atoms with Gasteiger partial charge in [0.2, 0.25) is 5.95 Å². The second-order valence-corrected chi connectivity index (χ2v) is 8.60. The van der Waals surface area contributed by atoms with Crippen molar-refractivity contribution in [2.24, 2.45) is 0 Å². The van der Waals surface area contributed by atoms with Gasteiger partial charge in [-0.1, -0.05) is 29.4 Å². The molecule has 0 atom stereocenters. The molecule has 4 aromatic rings. The lowest BCUT2D eigenvalue weighted by atomic mass is 10.1. The van der Waals surface area contributed by atoms with Gasteiger partial charge in [0, 0.05) is 44.2 Å². The summed E-state index contributed by atoms with van der Waals surface area (Å²) in [5.74, 6) is 2.59. The van der Waals surface area contributed by atoms with E-state index in [1.165, 1.54) is 5.56 Å². The van der Waals surface area contributed by atoms with Crippen molar-refractivity contribution < 1.29 is 4.52 Å². The highest BCUT2D eigenvalue weighted by Gasteiger charge is 2.29. The molecule has 2 fully saturated rings. The highest BCUT2D eigenvalue weighted by molar-refractivity contribution is 5.78. The maximum atomic E-state index is 12.4. The zero-order valence-corrected chi connectivity index (χ0v) is 17.7. The van der Waals surface area contributed by atoms with Crippen molar-refractivity contribution in [3.63, 3.8) is 0 Å². The summed E-state index contributed by atoms with van der Waals surface area (Å²) in [5.41, 5.74) is 2.86. The quantitative estimate of drug-likeness (QED) is 0.522. The number of fused-ring (bicyclic) bond motifs is 1. The van der Waals surface area contributed by atoms with Gasteiger partial charge in [0.25, 0.3) is 11.4 Å². The van der Waals surface area contributed by atoms with Crippen LogP contribution >= 0.6 is 0 Å². The van der Waals surface area contributed by atoms with Gasteiger partial charge in [0.05, 0.1) is 10.9 Å². The van der Waals surface area contributed by atoms with E-state index in [4.69, 9.17) is 4.52 Å². The van der Waals surface area contributed by atoms with Gasteiger partial charge in [-0.15, -0.1) is 0 Å². The fourth-order valence-electron chi connectivity index (χ4n) is 4.21. The molecule has 1 aliphatic heterocycles. The van der Waals surface area contributed by atoms with Crippen LogP contribution in [0.15, 0.2) is 57.8 Å². The SMILES string of the molecule is O=c1[nH]c(N2CCN(Cc3ccc(-c4nc(C5CC5)no4)cc3)CC2)nc2ccccc12. The van der Waals surface area contributed by atoms with Crippen LogP contribution in [0, 0.1) is 0 Å². The Hall–Kier alpha value is -3.52. The van der Waals surface area contributed by atoms with Crippen molar-refractivity contribution >= 4 is 16.9 Å². The van der Waals surface area contributed by atoms with E-state index >= 15 is 0 Å². The van der Waals surface area contributed by atoms with Crippen LogP contribution in [0.25, 0.3) is 22.4 Å². The first-order valence-corrected chi connectivity index (χ1v) is 11.1. The van der Waals surface area contributed by atoms with E-state index in [-0.39, 0.29) is 5.56 Å². The number of H-pyrrole nitrogens is 1. The Labute approximate surface area is 184 Å². The molecule has 1 saturated carbocycles. The van der Waals surface area contributed by atoms with E-state index in [0.717, 1.165) is 62.5 Å². The first-order valence-electron chi connectivity index (χ1n) is 11.1. The molecular weight excluding hydrogens is 404 g/mol. The van der Waals surface area contributed by atoms with Gasteiger partial charge in [-0.05, 0) is 42.7 Å². The molecule has 162 valence electrons. The normalized spacial score (nSPS) is 17.2. The molecule has 3 heterocycles. The van der Waals surface area contributed by atoms with Gasteiger partial charge < -0.3 is 9.42 Å². The van der Waals surface area contributed by atoms with Gasteiger partial charge in [-0.2, -0.15) is 4.98 Å². The Morgan fingerprint density at radius 1 is 0.969 bits per heavy atom. The summed E-state index contributed by atoms with van der Waals surface area (Å²) in [6.45, 7) is 4.35. The van der Waals surface area contributed by atoms with Crippen LogP contribution in [0.3, 0.4) is 0 Å². The van der Waals surface area contributed by atoms with Gasteiger partial charge in [-0.3, -0.25) is 14.7 Å². The van der Waals surface area contributed by atoms with Crippen LogP contribution in [0.1, 0.15) is 30.1 Å². The maximum Gasteiger partial charge on any atom is 0.260 e. The molecule has 2 aromatic carbocycles. The van der Waals surface area contributed by atoms with E-state index in [0.29, 0.717) is 23.1 Å². The zero-order chi connectivity index (χ0) is 21.5. The van der Waals surface area contributed by atoms with Gasteiger partial charge in [-0.25, -0.2) is 4.98 Å². The molecule has 2 aliphatic rings. The molecule has 0 spiro atoms. The summed E-state index contributed by atoms with van der Waals surface area (Å²) in [5, 5.41) is 4.73. The van der Waals surface area contributed by atoms with Gasteiger partial charge in [0.15, 0.2) is 5.82 Å². The molecule has 32 heavy (non-hydrogen) atoms. The maximum absolute atomic E-state index is 12.4. The smallest absolute Gasteiger partial charge is 0.260 e. The van der Waals surface area contributed by atoms with E-state index in [2.05, 4.69) is 54.2 Å². The van der Waals surface area contributed by atoms with Crippen LogP contribution in [0.5, 0.6) is 0 Å². The average Bonchev–Trinajstić information content (AvgIpc) is 3.57. The molecule has 8 heteroatoms. The summed E-state index contributed by atoms with van der Waals surface area (Å²) in [6.07, 6.45) is 2.33.